The van der Waals surface area contributed by atoms with E-state index in [9.17, 15) is 10.4 Å². The predicted molar refractivity (Wildman–Crippen MR) is 135 cm³/mol. The monoisotopic (exact) mass is 515 g/mol. The number of para-hydroxylation sites is 2. The van der Waals surface area contributed by atoms with Crippen molar-refractivity contribution in [2.24, 2.45) is 0 Å². The summed E-state index contributed by atoms with van der Waals surface area (Å²) < 4.78 is 35.5. The lowest BCUT2D eigenvalue weighted by molar-refractivity contribution is -0.539. The molecule has 0 N–H and O–H groups in total. The van der Waals surface area contributed by atoms with E-state index in [1.807, 2.05) is 24.3 Å². The molecule has 201 valence electrons. The van der Waals surface area contributed by atoms with Gasteiger partial charge in [-0.25, -0.2) is 0 Å². The maximum absolute atomic E-state index is 13.1. The Morgan fingerprint density at radius 1 is 0.703 bits per heavy atom. The van der Waals surface area contributed by atoms with E-state index < -0.39 is 11.1 Å². The molecule has 0 amide bonds. The minimum absolute atomic E-state index is 0.0397. The minimum atomic E-state index is -0.916. The number of hydrogen-bond acceptors (Lipinski definition) is 8. The lowest BCUT2D eigenvalue weighted by atomic mass is 9.84. The molecule has 0 spiro atoms. The van der Waals surface area contributed by atoms with Crippen LogP contribution in [0, 0.1) is 5.21 Å². The van der Waals surface area contributed by atoms with Crippen molar-refractivity contribution in [3.05, 3.63) is 53.2 Å². The summed E-state index contributed by atoms with van der Waals surface area (Å²) in [5.41, 5.74) is -1.38. The summed E-state index contributed by atoms with van der Waals surface area (Å²) in [5.74, 6) is 2.22. The van der Waals surface area contributed by atoms with Crippen molar-refractivity contribution in [2.45, 2.75) is 38.8 Å². The topological polar surface area (TPSA) is 105 Å². The Hall–Kier alpha value is -3.21. The van der Waals surface area contributed by atoms with Gasteiger partial charge in [-0.05, 0) is 58.0 Å². The van der Waals surface area contributed by atoms with Crippen LogP contribution in [-0.2, 0) is 14.7 Å². The molecule has 10 heteroatoms. The number of hydrogen-bond donors (Lipinski definition) is 0. The SMILES string of the molecule is CC1(C)N([O])C(c2ccc3c(c2)OCCOCCOc2ccccc2OCCOCCO3)=[N+]([O-])C1(C)C. The summed E-state index contributed by atoms with van der Waals surface area (Å²) in [4.78, 5) is 0. The van der Waals surface area contributed by atoms with Crippen molar-refractivity contribution in [1.29, 1.82) is 0 Å². The van der Waals surface area contributed by atoms with E-state index in [-0.39, 0.29) is 19.0 Å². The molecule has 2 aromatic rings. The van der Waals surface area contributed by atoms with Gasteiger partial charge in [-0.1, -0.05) is 17.2 Å². The molecule has 10 nitrogen and oxygen atoms in total. The summed E-state index contributed by atoms with van der Waals surface area (Å²) >= 11 is 0. The van der Waals surface area contributed by atoms with Gasteiger partial charge in [0.25, 0.3) is 0 Å². The van der Waals surface area contributed by atoms with E-state index in [4.69, 9.17) is 28.4 Å². The number of amidine groups is 1. The first-order chi connectivity index (χ1) is 17.7. The van der Waals surface area contributed by atoms with Crippen LogP contribution in [0.25, 0.3) is 0 Å². The van der Waals surface area contributed by atoms with Gasteiger partial charge in [-0.3, -0.25) is 4.74 Å². The molecular weight excluding hydrogens is 480 g/mol. The van der Waals surface area contributed by atoms with Crippen molar-refractivity contribution in [2.75, 3.05) is 52.9 Å². The number of nitrogens with zero attached hydrogens (tertiary/aromatic N) is 2. The first kappa shape index (κ1) is 26.8. The molecule has 2 aromatic carbocycles. The van der Waals surface area contributed by atoms with Crippen LogP contribution in [-0.4, -0.2) is 79.6 Å². The smallest absolute Gasteiger partial charge is 0.316 e. The fourth-order valence-corrected chi connectivity index (χ4v) is 3.96. The normalized spacial score (nSPS) is 20.7. The molecule has 0 unspecified atom stereocenters. The molecule has 0 aliphatic carbocycles. The Kier molecular flexibility index (Phi) is 8.31. The van der Waals surface area contributed by atoms with E-state index in [2.05, 4.69) is 0 Å². The number of rotatable bonds is 1. The standard InChI is InChI=1S/C27H35N2O8/c1-26(2)27(3,4)29(31)25(28(26)30)20-9-10-23-24(19-20)37-18-14-33-12-16-35-22-8-6-5-7-21(22)34-15-11-32-13-17-36-23/h5-10,19H,11-18H2,1-4H3. The number of hydroxylamine groups is 3. The van der Waals surface area contributed by atoms with Crippen molar-refractivity contribution in [3.63, 3.8) is 0 Å². The van der Waals surface area contributed by atoms with E-state index in [1.165, 1.54) is 0 Å². The summed E-state index contributed by atoms with van der Waals surface area (Å²) in [6.07, 6.45) is 0. The van der Waals surface area contributed by atoms with Crippen LogP contribution in [0.4, 0.5) is 0 Å². The third kappa shape index (κ3) is 5.71. The van der Waals surface area contributed by atoms with Crippen LogP contribution >= 0.6 is 0 Å². The van der Waals surface area contributed by atoms with Gasteiger partial charge in [-0.15, -0.1) is 0 Å². The first-order valence-corrected chi connectivity index (χ1v) is 12.5. The zero-order valence-corrected chi connectivity index (χ0v) is 21.9. The third-order valence-electron chi connectivity index (χ3n) is 6.89. The maximum atomic E-state index is 13.1. The second kappa shape index (κ2) is 11.5. The number of fused-ring (bicyclic) bond motifs is 2. The molecule has 1 radical (unpaired) electrons. The highest BCUT2D eigenvalue weighted by molar-refractivity contribution is 5.96. The average Bonchev–Trinajstić information content (AvgIpc) is 2.99. The quantitative estimate of drug-likeness (QED) is 0.420. The molecule has 2 aliphatic heterocycles. The Morgan fingerprint density at radius 3 is 1.62 bits per heavy atom. The van der Waals surface area contributed by atoms with Crippen molar-refractivity contribution >= 4 is 5.84 Å². The van der Waals surface area contributed by atoms with Gasteiger partial charge >= 0.3 is 5.84 Å². The Bertz CT molecular complexity index is 1100. The Labute approximate surface area is 217 Å². The van der Waals surface area contributed by atoms with Crippen molar-refractivity contribution in [1.82, 2.24) is 5.06 Å². The second-order valence-corrected chi connectivity index (χ2v) is 9.76. The van der Waals surface area contributed by atoms with Gasteiger partial charge < -0.3 is 33.6 Å². The molecule has 0 bridgehead atoms. The van der Waals surface area contributed by atoms with Gasteiger partial charge in [0.05, 0.1) is 32.0 Å². The van der Waals surface area contributed by atoms with Gasteiger partial charge in [0.15, 0.2) is 28.5 Å². The highest BCUT2D eigenvalue weighted by Crippen LogP contribution is 2.39. The van der Waals surface area contributed by atoms with Crippen LogP contribution in [0.3, 0.4) is 0 Å². The lowest BCUT2D eigenvalue weighted by Gasteiger charge is -2.32. The summed E-state index contributed by atoms with van der Waals surface area (Å²) in [7, 11) is 0. The maximum Gasteiger partial charge on any atom is 0.316 e. The lowest BCUT2D eigenvalue weighted by Crippen LogP contribution is -2.53. The van der Waals surface area contributed by atoms with Gasteiger partial charge in [0.1, 0.15) is 32.0 Å². The van der Waals surface area contributed by atoms with E-state index in [0.717, 1.165) is 9.80 Å². The largest absolute Gasteiger partial charge is 0.714 e. The summed E-state index contributed by atoms with van der Waals surface area (Å²) in [5, 5.41) is 27.0. The van der Waals surface area contributed by atoms with Crippen LogP contribution in [0.1, 0.15) is 33.3 Å². The molecular formula is C27H35N2O8. The molecule has 0 saturated heterocycles. The van der Waals surface area contributed by atoms with E-state index in [0.29, 0.717) is 68.2 Å². The highest BCUT2D eigenvalue weighted by atomic mass is 16.6. The second-order valence-electron chi connectivity index (χ2n) is 9.76. The van der Waals surface area contributed by atoms with Gasteiger partial charge in [0, 0.05) is 5.21 Å². The van der Waals surface area contributed by atoms with Gasteiger partial charge in [-0.2, -0.15) is 0 Å². The van der Waals surface area contributed by atoms with E-state index in [1.54, 1.807) is 45.9 Å². The van der Waals surface area contributed by atoms with Crippen LogP contribution in [0.2, 0.25) is 0 Å². The highest BCUT2D eigenvalue weighted by Gasteiger charge is 2.60. The number of benzene rings is 2. The third-order valence-corrected chi connectivity index (χ3v) is 6.89. The summed E-state index contributed by atoms with van der Waals surface area (Å²) in [6.45, 7) is 9.68. The average molecular weight is 516 g/mol. The minimum Gasteiger partial charge on any atom is -0.714 e. The van der Waals surface area contributed by atoms with E-state index >= 15 is 0 Å². The van der Waals surface area contributed by atoms with Gasteiger partial charge in [0.2, 0.25) is 0 Å². The molecule has 2 aliphatic rings. The van der Waals surface area contributed by atoms with Crippen LogP contribution in [0.15, 0.2) is 42.5 Å². The molecule has 0 atom stereocenters. The molecule has 2 heterocycles. The van der Waals surface area contributed by atoms with Crippen LogP contribution in [0.5, 0.6) is 23.0 Å². The predicted octanol–water partition coefficient (Wildman–Crippen LogP) is 3.42. The molecule has 0 fully saturated rings. The molecule has 37 heavy (non-hydrogen) atoms. The Morgan fingerprint density at radius 2 is 1.16 bits per heavy atom. The molecule has 4 rings (SSSR count). The molecule has 0 aromatic heterocycles. The zero-order valence-electron chi connectivity index (χ0n) is 21.9. The zero-order chi connectivity index (χ0) is 26.5. The van der Waals surface area contributed by atoms with Crippen molar-refractivity contribution in [3.8, 4) is 23.0 Å². The number of ether oxygens (including phenoxy) is 6. The van der Waals surface area contributed by atoms with Crippen LogP contribution < -0.4 is 18.9 Å². The van der Waals surface area contributed by atoms with Crippen molar-refractivity contribution < 1.29 is 38.4 Å². The Balaban J connectivity index is 1.48. The molecule has 0 saturated carbocycles. The fraction of sp³-hybridized carbons (Fsp3) is 0.519. The first-order valence-electron chi connectivity index (χ1n) is 12.5. The fourth-order valence-electron chi connectivity index (χ4n) is 3.96. The summed E-state index contributed by atoms with van der Waals surface area (Å²) in [6, 6.07) is 12.5.